The van der Waals surface area contributed by atoms with Gasteiger partial charge in [0.1, 0.15) is 0 Å². The molecule has 0 spiro atoms. The highest BCUT2D eigenvalue weighted by atomic mass is 19.0. The lowest BCUT2D eigenvalue weighted by Crippen LogP contribution is -2.04. The van der Waals surface area contributed by atoms with Gasteiger partial charge in [-0.1, -0.05) is 60.7 Å². The second-order valence-electron chi connectivity index (χ2n) is 5.17. The molecule has 28 heavy (non-hydrogen) atoms. The summed E-state index contributed by atoms with van der Waals surface area (Å²) >= 11 is 0. The van der Waals surface area contributed by atoms with Crippen LogP contribution in [0.25, 0.3) is 0 Å². The monoisotopic (exact) mass is 393 g/mol. The van der Waals surface area contributed by atoms with Crippen molar-refractivity contribution in [1.29, 1.82) is 5.26 Å². The van der Waals surface area contributed by atoms with Gasteiger partial charge in [0.15, 0.2) is 0 Å². The maximum absolute atomic E-state index is 11.0. The second kappa shape index (κ2) is 20.1. The Kier molecular flexibility index (Phi) is 21.2. The van der Waals surface area contributed by atoms with Crippen LogP contribution >= 0.6 is 0 Å². The first-order chi connectivity index (χ1) is 12.6. The quantitative estimate of drug-likeness (QED) is 0.724. The fourth-order valence-electron chi connectivity index (χ4n) is 2.02. The second-order valence-corrected chi connectivity index (χ2v) is 5.17. The molecule has 2 aromatic rings. The van der Waals surface area contributed by atoms with Gasteiger partial charge in [-0.2, -0.15) is 0 Å². The van der Waals surface area contributed by atoms with E-state index < -0.39 is 5.97 Å². The average Bonchev–Trinajstić information content (AvgIpc) is 2.69. The molecule has 0 aromatic heterocycles. The SMILES string of the molecule is C#N.CCOC(=O)CCc1ccccc1.F.O.O=C(O)CCc1ccccc1. The number of carboxylic acids is 1. The third-order valence-corrected chi connectivity index (χ3v) is 3.24. The molecule has 0 amide bonds. The molecule has 0 radical (unpaired) electrons. The number of benzene rings is 2. The van der Waals surface area contributed by atoms with Crippen molar-refractivity contribution >= 4 is 11.9 Å². The van der Waals surface area contributed by atoms with Gasteiger partial charge in [-0.3, -0.25) is 14.3 Å². The van der Waals surface area contributed by atoms with E-state index in [4.69, 9.17) is 15.1 Å². The molecule has 0 atom stereocenters. The summed E-state index contributed by atoms with van der Waals surface area (Å²) in [5.74, 6) is -0.861. The molecule has 0 unspecified atom stereocenters. The lowest BCUT2D eigenvalue weighted by molar-refractivity contribution is -0.143. The normalized spacial score (nSPS) is 8.25. The lowest BCUT2D eigenvalue weighted by Gasteiger charge is -2.01. The molecular formula is C21H28FNO5. The third kappa shape index (κ3) is 16.2. The number of carbonyl (C=O) groups is 2. The molecule has 0 saturated heterocycles. The van der Waals surface area contributed by atoms with Crippen molar-refractivity contribution in [2.24, 2.45) is 0 Å². The predicted octanol–water partition coefficient (Wildman–Crippen LogP) is 3.35. The Balaban J connectivity index is -0.000000388. The molecule has 154 valence electrons. The van der Waals surface area contributed by atoms with Crippen molar-refractivity contribution < 1.29 is 29.6 Å². The van der Waals surface area contributed by atoms with Crippen molar-refractivity contribution in [3.8, 4) is 6.57 Å². The van der Waals surface area contributed by atoms with Crippen LogP contribution in [-0.2, 0) is 27.2 Å². The largest absolute Gasteiger partial charge is 0.481 e. The van der Waals surface area contributed by atoms with Crippen LogP contribution in [0, 0.1) is 11.8 Å². The van der Waals surface area contributed by atoms with Gasteiger partial charge < -0.3 is 15.3 Å². The highest BCUT2D eigenvalue weighted by Crippen LogP contribution is 2.03. The molecule has 0 heterocycles. The number of carbonyl (C=O) groups excluding carboxylic acids is 1. The number of hydrogen-bond acceptors (Lipinski definition) is 4. The number of aliphatic carboxylic acids is 1. The van der Waals surface area contributed by atoms with Crippen LogP contribution in [0.4, 0.5) is 4.70 Å². The number of halogens is 1. The third-order valence-electron chi connectivity index (χ3n) is 3.24. The molecule has 3 N–H and O–H groups in total. The minimum atomic E-state index is -0.742. The summed E-state index contributed by atoms with van der Waals surface area (Å²) in [6.07, 6.45) is 2.07. The number of hydrogen-bond donors (Lipinski definition) is 1. The summed E-state index contributed by atoms with van der Waals surface area (Å²) < 4.78 is 4.82. The summed E-state index contributed by atoms with van der Waals surface area (Å²) in [4.78, 5) is 21.2. The molecular weight excluding hydrogens is 365 g/mol. The van der Waals surface area contributed by atoms with Gasteiger partial charge in [0.2, 0.25) is 0 Å². The van der Waals surface area contributed by atoms with Crippen molar-refractivity contribution in [2.75, 3.05) is 6.61 Å². The maximum atomic E-state index is 11.0. The topological polar surface area (TPSA) is 119 Å². The Hall–Kier alpha value is -3.24. The average molecular weight is 393 g/mol. The summed E-state index contributed by atoms with van der Waals surface area (Å²) in [5.41, 5.74) is 2.26. The van der Waals surface area contributed by atoms with Crippen LogP contribution < -0.4 is 0 Å². The number of carboxylic acid groups (broad SMARTS) is 1. The zero-order chi connectivity index (χ0) is 19.6. The molecule has 2 aromatic carbocycles. The van der Waals surface area contributed by atoms with E-state index in [9.17, 15) is 9.59 Å². The predicted molar refractivity (Wildman–Crippen MR) is 107 cm³/mol. The van der Waals surface area contributed by atoms with Crippen molar-refractivity contribution in [2.45, 2.75) is 32.6 Å². The summed E-state index contributed by atoms with van der Waals surface area (Å²) in [6, 6.07) is 19.6. The summed E-state index contributed by atoms with van der Waals surface area (Å²) in [6.45, 7) is 5.79. The zero-order valence-electron chi connectivity index (χ0n) is 15.9. The minimum absolute atomic E-state index is 0. The molecule has 0 aliphatic rings. The number of nitriles is 1. The van der Waals surface area contributed by atoms with E-state index in [1.807, 2.05) is 67.6 Å². The Bertz CT molecular complexity index is 648. The van der Waals surface area contributed by atoms with Crippen LogP contribution in [0.3, 0.4) is 0 Å². The molecule has 0 fully saturated rings. The molecule has 0 aliphatic carbocycles. The number of ether oxygens (including phenoxy) is 1. The van der Waals surface area contributed by atoms with Crippen LogP contribution in [0.1, 0.15) is 30.9 Å². The Morgan fingerprint density at radius 2 is 1.29 bits per heavy atom. The highest BCUT2D eigenvalue weighted by molar-refractivity contribution is 5.69. The Morgan fingerprint density at radius 3 is 1.64 bits per heavy atom. The van der Waals surface area contributed by atoms with E-state index in [1.165, 1.54) is 5.56 Å². The van der Waals surface area contributed by atoms with E-state index in [0.717, 1.165) is 12.0 Å². The van der Waals surface area contributed by atoms with Gasteiger partial charge >= 0.3 is 11.9 Å². The fraction of sp³-hybridized carbons (Fsp3) is 0.286. The van der Waals surface area contributed by atoms with E-state index >= 15 is 0 Å². The Morgan fingerprint density at radius 1 is 0.893 bits per heavy atom. The van der Waals surface area contributed by atoms with Gasteiger partial charge in [-0.25, -0.2) is 5.26 Å². The highest BCUT2D eigenvalue weighted by Gasteiger charge is 2.01. The zero-order valence-corrected chi connectivity index (χ0v) is 15.9. The molecule has 7 heteroatoms. The lowest BCUT2D eigenvalue weighted by atomic mass is 10.1. The van der Waals surface area contributed by atoms with Crippen LogP contribution in [0.5, 0.6) is 0 Å². The standard InChI is InChI=1S/C11H14O2.C9H10O2.CHN.FH.H2O/c1-2-13-11(12)9-8-10-6-4-3-5-7-10;10-9(11)7-6-8-4-2-1-3-5-8;1-2;;/h3-7H,2,8-9H2,1H3;1-5H,6-7H2,(H,10,11);1H;1H;1H2. The van der Waals surface area contributed by atoms with Gasteiger partial charge in [-0.05, 0) is 30.9 Å². The van der Waals surface area contributed by atoms with E-state index in [-0.39, 0.29) is 22.6 Å². The Labute approximate surface area is 165 Å². The van der Waals surface area contributed by atoms with Crippen LogP contribution in [-0.4, -0.2) is 29.1 Å². The van der Waals surface area contributed by atoms with Crippen molar-refractivity contribution in [3.05, 3.63) is 71.8 Å². The smallest absolute Gasteiger partial charge is 0.306 e. The fourth-order valence-corrected chi connectivity index (χ4v) is 2.02. The van der Waals surface area contributed by atoms with Crippen molar-refractivity contribution in [3.63, 3.8) is 0 Å². The van der Waals surface area contributed by atoms with E-state index in [2.05, 4.69) is 6.57 Å². The van der Waals surface area contributed by atoms with Crippen molar-refractivity contribution in [1.82, 2.24) is 0 Å². The molecule has 0 saturated carbocycles. The van der Waals surface area contributed by atoms with E-state index in [0.29, 0.717) is 19.4 Å². The first kappa shape index (κ1) is 29.5. The van der Waals surface area contributed by atoms with Gasteiger partial charge in [0.05, 0.1) is 6.61 Å². The maximum Gasteiger partial charge on any atom is 0.306 e. The summed E-state index contributed by atoms with van der Waals surface area (Å²) in [7, 11) is 0. The molecule has 0 aliphatic heterocycles. The molecule has 2 rings (SSSR count). The number of aryl methyl sites for hydroxylation is 2. The summed E-state index contributed by atoms with van der Waals surface area (Å²) in [5, 5.41) is 14.9. The number of nitrogens with zero attached hydrogens (tertiary/aromatic N) is 1. The number of rotatable bonds is 7. The van der Waals surface area contributed by atoms with Gasteiger partial charge in [-0.15, -0.1) is 0 Å². The number of esters is 1. The van der Waals surface area contributed by atoms with Crippen LogP contribution in [0.15, 0.2) is 60.7 Å². The first-order valence-electron chi connectivity index (χ1n) is 8.33. The first-order valence-corrected chi connectivity index (χ1v) is 8.33. The van der Waals surface area contributed by atoms with Gasteiger partial charge in [0.25, 0.3) is 0 Å². The van der Waals surface area contributed by atoms with E-state index in [1.54, 1.807) is 0 Å². The minimum Gasteiger partial charge on any atom is -0.481 e. The van der Waals surface area contributed by atoms with Gasteiger partial charge in [0, 0.05) is 19.4 Å². The molecule has 6 nitrogen and oxygen atoms in total. The van der Waals surface area contributed by atoms with Crippen LogP contribution in [0.2, 0.25) is 0 Å². The molecule has 0 bridgehead atoms.